The number of carbonyl (C=O) groups is 1. The van der Waals surface area contributed by atoms with E-state index in [0.29, 0.717) is 0 Å². The van der Waals surface area contributed by atoms with Crippen LogP contribution in [0.2, 0.25) is 0 Å². The van der Waals surface area contributed by atoms with Gasteiger partial charge in [-0.2, -0.15) is 0 Å². The fourth-order valence-electron chi connectivity index (χ4n) is 1.08. The van der Waals surface area contributed by atoms with Crippen LogP contribution in [-0.2, 0) is 4.79 Å². The summed E-state index contributed by atoms with van der Waals surface area (Å²) in [6, 6.07) is 3.88. The standard InChI is InChI=1S/C11H14N2O/c1-9(6-7-14)10-4-5-11(12-8-10)13(2)3/h4-8H,1-3H3. The molecule has 0 saturated heterocycles. The zero-order chi connectivity index (χ0) is 10.6. The Labute approximate surface area is 84.1 Å². The van der Waals surface area contributed by atoms with Crippen LogP contribution in [0.5, 0.6) is 0 Å². The van der Waals surface area contributed by atoms with Crippen LogP contribution in [0.3, 0.4) is 0 Å². The molecule has 0 amide bonds. The summed E-state index contributed by atoms with van der Waals surface area (Å²) in [4.78, 5) is 16.4. The van der Waals surface area contributed by atoms with E-state index in [0.717, 1.165) is 23.2 Å². The lowest BCUT2D eigenvalue weighted by molar-refractivity contribution is -0.104. The molecule has 0 aliphatic heterocycles. The number of hydrogen-bond acceptors (Lipinski definition) is 3. The Balaban J connectivity index is 2.93. The van der Waals surface area contributed by atoms with Gasteiger partial charge in [-0.05, 0) is 36.3 Å². The minimum Gasteiger partial charge on any atom is -0.363 e. The van der Waals surface area contributed by atoms with Gasteiger partial charge >= 0.3 is 0 Å². The number of nitrogens with zero attached hydrogens (tertiary/aromatic N) is 2. The summed E-state index contributed by atoms with van der Waals surface area (Å²) in [5.41, 5.74) is 1.90. The van der Waals surface area contributed by atoms with Crippen LogP contribution >= 0.6 is 0 Å². The van der Waals surface area contributed by atoms with E-state index >= 15 is 0 Å². The Hall–Kier alpha value is -1.64. The Morgan fingerprint density at radius 3 is 2.57 bits per heavy atom. The first-order valence-corrected chi connectivity index (χ1v) is 4.41. The molecule has 1 aromatic rings. The summed E-state index contributed by atoms with van der Waals surface area (Å²) in [7, 11) is 3.88. The molecule has 14 heavy (non-hydrogen) atoms. The number of carbonyl (C=O) groups excluding carboxylic acids is 1. The van der Waals surface area contributed by atoms with Crippen LogP contribution in [-0.4, -0.2) is 25.4 Å². The van der Waals surface area contributed by atoms with E-state index in [1.54, 1.807) is 6.20 Å². The molecule has 0 aliphatic carbocycles. The Bertz CT molecular complexity index is 339. The van der Waals surface area contributed by atoms with Crippen molar-refractivity contribution in [3.8, 4) is 0 Å². The minimum absolute atomic E-state index is 0.787. The molecule has 0 aliphatic rings. The molecular weight excluding hydrogens is 176 g/mol. The van der Waals surface area contributed by atoms with Gasteiger partial charge in [0, 0.05) is 20.3 Å². The Kier molecular flexibility index (Phi) is 3.40. The van der Waals surface area contributed by atoms with E-state index in [1.165, 1.54) is 6.08 Å². The molecule has 3 heteroatoms. The van der Waals surface area contributed by atoms with Crippen LogP contribution in [0.15, 0.2) is 24.4 Å². The first kappa shape index (κ1) is 10.4. The molecule has 1 heterocycles. The SMILES string of the molecule is CC(=CC=O)c1ccc(N(C)C)nc1. The third-order valence-corrected chi connectivity index (χ3v) is 1.98. The summed E-state index contributed by atoms with van der Waals surface area (Å²) < 4.78 is 0. The fourth-order valence-corrected chi connectivity index (χ4v) is 1.08. The predicted octanol–water partition coefficient (Wildman–Crippen LogP) is 1.75. The molecule has 3 nitrogen and oxygen atoms in total. The number of aromatic nitrogens is 1. The molecule has 0 saturated carbocycles. The number of hydrogen-bond donors (Lipinski definition) is 0. The summed E-state index contributed by atoms with van der Waals surface area (Å²) in [5.74, 6) is 0.910. The van der Waals surface area contributed by atoms with Crippen molar-refractivity contribution in [2.24, 2.45) is 0 Å². The lowest BCUT2D eigenvalue weighted by Gasteiger charge is -2.11. The van der Waals surface area contributed by atoms with E-state index < -0.39 is 0 Å². The smallest absolute Gasteiger partial charge is 0.143 e. The summed E-state index contributed by atoms with van der Waals surface area (Å²) >= 11 is 0. The highest BCUT2D eigenvalue weighted by molar-refractivity contribution is 5.80. The van der Waals surface area contributed by atoms with Crippen molar-refractivity contribution in [3.63, 3.8) is 0 Å². The van der Waals surface area contributed by atoms with Gasteiger partial charge in [-0.1, -0.05) is 0 Å². The Morgan fingerprint density at radius 2 is 2.14 bits per heavy atom. The number of aldehydes is 1. The van der Waals surface area contributed by atoms with Crippen molar-refractivity contribution in [1.82, 2.24) is 4.98 Å². The van der Waals surface area contributed by atoms with Crippen LogP contribution < -0.4 is 4.90 Å². The quantitative estimate of drug-likeness (QED) is 0.537. The van der Waals surface area contributed by atoms with Gasteiger partial charge in [0.1, 0.15) is 12.1 Å². The molecule has 0 atom stereocenters. The van der Waals surface area contributed by atoms with Gasteiger partial charge in [-0.15, -0.1) is 0 Å². The van der Waals surface area contributed by atoms with Crippen LogP contribution in [0, 0.1) is 0 Å². The van der Waals surface area contributed by atoms with Gasteiger partial charge in [-0.25, -0.2) is 4.98 Å². The van der Waals surface area contributed by atoms with Crippen molar-refractivity contribution < 1.29 is 4.79 Å². The summed E-state index contributed by atoms with van der Waals surface area (Å²) in [6.07, 6.45) is 4.09. The first-order chi connectivity index (χ1) is 6.65. The molecule has 0 unspecified atom stereocenters. The number of rotatable bonds is 3. The maximum atomic E-state index is 10.3. The molecule has 0 aromatic carbocycles. The zero-order valence-corrected chi connectivity index (χ0v) is 8.69. The second kappa shape index (κ2) is 4.56. The maximum absolute atomic E-state index is 10.3. The molecule has 0 N–H and O–H groups in total. The molecular formula is C11H14N2O. The highest BCUT2D eigenvalue weighted by Crippen LogP contribution is 2.14. The lowest BCUT2D eigenvalue weighted by atomic mass is 10.1. The van der Waals surface area contributed by atoms with Gasteiger partial charge in [0.15, 0.2) is 0 Å². The molecule has 0 spiro atoms. The van der Waals surface area contributed by atoms with E-state index in [1.807, 2.05) is 38.1 Å². The first-order valence-electron chi connectivity index (χ1n) is 4.41. The van der Waals surface area contributed by atoms with Crippen LogP contribution in [0.25, 0.3) is 5.57 Å². The van der Waals surface area contributed by atoms with E-state index in [9.17, 15) is 4.79 Å². The molecule has 1 rings (SSSR count). The third-order valence-electron chi connectivity index (χ3n) is 1.98. The highest BCUT2D eigenvalue weighted by Gasteiger charge is 1.98. The van der Waals surface area contributed by atoms with Gasteiger partial charge in [-0.3, -0.25) is 4.79 Å². The summed E-state index contributed by atoms with van der Waals surface area (Å²) in [6.45, 7) is 1.89. The number of pyridine rings is 1. The van der Waals surface area contributed by atoms with E-state index in [-0.39, 0.29) is 0 Å². The Morgan fingerprint density at radius 1 is 1.43 bits per heavy atom. The summed E-state index contributed by atoms with van der Waals surface area (Å²) in [5, 5.41) is 0. The lowest BCUT2D eigenvalue weighted by Crippen LogP contribution is -2.10. The van der Waals surface area contributed by atoms with Crippen molar-refractivity contribution in [2.45, 2.75) is 6.92 Å². The third kappa shape index (κ3) is 2.42. The van der Waals surface area contributed by atoms with Crippen molar-refractivity contribution >= 4 is 17.7 Å². The van der Waals surface area contributed by atoms with Gasteiger partial charge in [0.2, 0.25) is 0 Å². The van der Waals surface area contributed by atoms with Gasteiger partial charge in [0.05, 0.1) is 0 Å². The normalized spacial score (nSPS) is 11.2. The van der Waals surface area contributed by atoms with Crippen molar-refractivity contribution in [1.29, 1.82) is 0 Å². The average molecular weight is 190 g/mol. The van der Waals surface area contributed by atoms with Gasteiger partial charge < -0.3 is 4.90 Å². The average Bonchev–Trinajstić information content (AvgIpc) is 2.18. The molecule has 1 aromatic heterocycles. The monoisotopic (exact) mass is 190 g/mol. The number of anilines is 1. The van der Waals surface area contributed by atoms with Crippen molar-refractivity contribution in [2.75, 3.05) is 19.0 Å². The maximum Gasteiger partial charge on any atom is 0.143 e. The minimum atomic E-state index is 0.787. The largest absolute Gasteiger partial charge is 0.363 e. The van der Waals surface area contributed by atoms with Crippen LogP contribution in [0.4, 0.5) is 5.82 Å². The second-order valence-electron chi connectivity index (χ2n) is 3.29. The van der Waals surface area contributed by atoms with E-state index in [4.69, 9.17) is 0 Å². The molecule has 74 valence electrons. The highest BCUT2D eigenvalue weighted by atomic mass is 16.1. The van der Waals surface area contributed by atoms with E-state index in [2.05, 4.69) is 4.98 Å². The molecule has 0 fully saturated rings. The zero-order valence-electron chi connectivity index (χ0n) is 8.69. The topological polar surface area (TPSA) is 33.2 Å². The van der Waals surface area contributed by atoms with Crippen molar-refractivity contribution in [3.05, 3.63) is 30.0 Å². The molecule has 0 bridgehead atoms. The van der Waals surface area contributed by atoms with Crippen LogP contribution in [0.1, 0.15) is 12.5 Å². The molecule has 0 radical (unpaired) electrons. The predicted molar refractivity (Wildman–Crippen MR) is 58.3 cm³/mol. The second-order valence-corrected chi connectivity index (χ2v) is 3.29. The fraction of sp³-hybridized carbons (Fsp3) is 0.273. The van der Waals surface area contributed by atoms with Gasteiger partial charge in [0.25, 0.3) is 0 Å². The number of allylic oxidation sites excluding steroid dienone is 2.